The van der Waals surface area contributed by atoms with E-state index in [9.17, 15) is 18.0 Å². The normalized spacial score (nSPS) is 15.7. The van der Waals surface area contributed by atoms with Crippen LogP contribution in [0.5, 0.6) is 5.75 Å². The molecule has 4 rings (SSSR count). The number of hydrogen-bond donors (Lipinski definition) is 1. The van der Waals surface area contributed by atoms with E-state index in [2.05, 4.69) is 24.9 Å². The monoisotopic (exact) mass is 586 g/mol. The molecule has 0 aromatic heterocycles. The van der Waals surface area contributed by atoms with Crippen LogP contribution in [0.4, 0.5) is 24.5 Å². The molecule has 0 aliphatic carbocycles. The van der Waals surface area contributed by atoms with Crippen molar-refractivity contribution in [1.29, 1.82) is 0 Å². The van der Waals surface area contributed by atoms with Crippen molar-refractivity contribution in [3.05, 3.63) is 87.9 Å². The first-order valence-corrected chi connectivity index (χ1v) is 13.0. The molecule has 13 heteroatoms. The average Bonchev–Trinajstić information content (AvgIpc) is 3.24. The number of anilines is 1. The highest BCUT2D eigenvalue weighted by molar-refractivity contribution is 8.15. The molecule has 0 spiro atoms. The highest BCUT2D eigenvalue weighted by atomic mass is 35.5. The van der Waals surface area contributed by atoms with E-state index in [0.29, 0.717) is 21.4 Å². The van der Waals surface area contributed by atoms with Crippen LogP contribution in [-0.2, 0) is 4.79 Å². The quantitative estimate of drug-likeness (QED) is 0.197. The molecule has 206 valence electrons. The first-order valence-electron chi connectivity index (χ1n) is 11.7. The van der Waals surface area contributed by atoms with Gasteiger partial charge in [0.05, 0.1) is 23.3 Å². The van der Waals surface area contributed by atoms with Crippen LogP contribution in [0.15, 0.2) is 80.9 Å². The van der Waals surface area contributed by atoms with E-state index in [4.69, 9.17) is 17.3 Å². The molecule has 3 aromatic rings. The van der Waals surface area contributed by atoms with Crippen LogP contribution in [0.1, 0.15) is 22.3 Å². The number of hydrogen-bond acceptors (Lipinski definition) is 6. The third-order valence-electron chi connectivity index (χ3n) is 5.48. The van der Waals surface area contributed by atoms with Crippen molar-refractivity contribution in [3.8, 4) is 5.75 Å². The van der Waals surface area contributed by atoms with E-state index < -0.39 is 6.36 Å². The summed E-state index contributed by atoms with van der Waals surface area (Å²) in [5, 5.41) is 9.51. The zero-order valence-corrected chi connectivity index (χ0v) is 22.8. The Labute approximate surface area is 237 Å². The maximum atomic E-state index is 12.6. The lowest BCUT2D eigenvalue weighted by Crippen LogP contribution is -2.30. The van der Waals surface area contributed by atoms with Gasteiger partial charge in [0.1, 0.15) is 17.9 Å². The van der Waals surface area contributed by atoms with Crippen LogP contribution in [0.2, 0.25) is 5.02 Å². The van der Waals surface area contributed by atoms with Gasteiger partial charge >= 0.3 is 6.36 Å². The Bertz CT molecular complexity index is 1500. The lowest BCUT2D eigenvalue weighted by atomic mass is 10.1. The van der Waals surface area contributed by atoms with Gasteiger partial charge in [-0.05, 0) is 66.9 Å². The number of amides is 1. The fraction of sp³-hybridized carbons (Fsp3) is 0.148. The van der Waals surface area contributed by atoms with Gasteiger partial charge in [-0.3, -0.25) is 9.69 Å². The molecule has 1 heterocycles. The minimum absolute atomic E-state index is 0.0809. The molecular weight excluding hydrogens is 565 g/mol. The molecule has 1 amide bonds. The van der Waals surface area contributed by atoms with Crippen molar-refractivity contribution in [3.63, 3.8) is 0 Å². The van der Waals surface area contributed by atoms with Crippen molar-refractivity contribution < 1.29 is 22.7 Å². The number of carbonyl (C=O) groups excluding carboxylic acids is 1. The fourth-order valence-corrected chi connectivity index (χ4v) is 4.90. The molecule has 3 aromatic carbocycles. The second-order valence-corrected chi connectivity index (χ2v) is 9.83. The molecule has 0 unspecified atom stereocenters. The van der Waals surface area contributed by atoms with Crippen molar-refractivity contribution >= 4 is 64.2 Å². The van der Waals surface area contributed by atoms with Crippen LogP contribution in [0.25, 0.3) is 0 Å². The standard InChI is InChI=1S/C27H22ClF3N6O2S/c1-16-11-20(28)12-17(2)24(16)37-23(38)14-40-26(37)36-35-13-18-3-5-19(6-4-18)25(32)34-15-33-21-7-9-22(10-8-21)39-27(29,30)31/h3-13,15H,14H2,1-2H3,(H2,32,33,34)/b35-13-,36-26+. The molecule has 0 saturated carbocycles. The Hall–Kier alpha value is -4.16. The van der Waals surface area contributed by atoms with E-state index in [1.54, 1.807) is 47.5 Å². The van der Waals surface area contributed by atoms with Gasteiger partial charge in [0, 0.05) is 10.6 Å². The summed E-state index contributed by atoms with van der Waals surface area (Å²) in [7, 11) is 0. The zero-order chi connectivity index (χ0) is 28.9. The smallest absolute Gasteiger partial charge is 0.406 e. The van der Waals surface area contributed by atoms with Crippen molar-refractivity contribution in [2.24, 2.45) is 25.9 Å². The summed E-state index contributed by atoms with van der Waals surface area (Å²) in [6, 6.07) is 15.7. The molecule has 0 radical (unpaired) electrons. The lowest BCUT2D eigenvalue weighted by Gasteiger charge is -2.20. The largest absolute Gasteiger partial charge is 0.573 e. The SMILES string of the molecule is Cc1cc(Cl)cc(C)c1N1C(=O)CS/C1=N/N=C\c1ccc(C(N)=NC=Nc2ccc(OC(F)(F)F)cc2)cc1. The number of amidine groups is 2. The third kappa shape index (κ3) is 7.48. The summed E-state index contributed by atoms with van der Waals surface area (Å²) in [4.78, 5) is 22.3. The summed E-state index contributed by atoms with van der Waals surface area (Å²) >= 11 is 7.45. The maximum absolute atomic E-state index is 12.6. The van der Waals surface area contributed by atoms with Crippen molar-refractivity contribution in [1.82, 2.24) is 0 Å². The van der Waals surface area contributed by atoms with Gasteiger partial charge in [-0.2, -0.15) is 5.10 Å². The average molecular weight is 587 g/mol. The molecule has 40 heavy (non-hydrogen) atoms. The van der Waals surface area contributed by atoms with Crippen LogP contribution >= 0.6 is 23.4 Å². The summed E-state index contributed by atoms with van der Waals surface area (Å²) in [6.45, 7) is 3.78. The summed E-state index contributed by atoms with van der Waals surface area (Å²) in [6.07, 6.45) is -2.00. The lowest BCUT2D eigenvalue weighted by molar-refractivity contribution is -0.274. The Morgan fingerprint density at radius 3 is 2.35 bits per heavy atom. The van der Waals surface area contributed by atoms with Gasteiger partial charge in [-0.1, -0.05) is 47.6 Å². The molecule has 2 N–H and O–H groups in total. The number of halogens is 4. The second kappa shape index (κ2) is 12.3. The first kappa shape index (κ1) is 28.8. The number of aliphatic imine (C=N–C) groups is 2. The highest BCUT2D eigenvalue weighted by Crippen LogP contribution is 2.34. The number of thioether (sulfide) groups is 1. The highest BCUT2D eigenvalue weighted by Gasteiger charge is 2.32. The number of nitrogens with zero attached hydrogens (tertiary/aromatic N) is 5. The number of carbonyl (C=O) groups is 1. The molecule has 0 bridgehead atoms. The predicted octanol–water partition coefficient (Wildman–Crippen LogP) is 6.39. The Morgan fingerprint density at radius 1 is 1.07 bits per heavy atom. The minimum Gasteiger partial charge on any atom is -0.406 e. The zero-order valence-electron chi connectivity index (χ0n) is 21.2. The van der Waals surface area contributed by atoms with Gasteiger partial charge in [0.2, 0.25) is 5.91 Å². The number of ether oxygens (including phenoxy) is 1. The number of rotatable bonds is 7. The number of nitrogens with two attached hydrogens (primary N) is 1. The molecule has 1 fully saturated rings. The number of benzene rings is 3. The molecule has 8 nitrogen and oxygen atoms in total. The van der Waals surface area contributed by atoms with E-state index in [1.807, 2.05) is 13.8 Å². The first-order chi connectivity index (χ1) is 19.0. The van der Waals surface area contributed by atoms with Crippen LogP contribution in [-0.4, -0.2) is 41.6 Å². The Morgan fingerprint density at radius 2 is 1.73 bits per heavy atom. The minimum atomic E-state index is -4.76. The van der Waals surface area contributed by atoms with Crippen molar-refractivity contribution in [2.75, 3.05) is 10.7 Å². The predicted molar refractivity (Wildman–Crippen MR) is 154 cm³/mol. The molecular formula is C27H22ClF3N6O2S. The topological polar surface area (TPSA) is 105 Å². The summed E-state index contributed by atoms with van der Waals surface area (Å²) in [5.74, 6) is 0.0333. The van der Waals surface area contributed by atoms with Gasteiger partial charge < -0.3 is 10.5 Å². The van der Waals surface area contributed by atoms with Gasteiger partial charge in [0.15, 0.2) is 5.17 Å². The van der Waals surface area contributed by atoms with Gasteiger partial charge in [-0.25, -0.2) is 9.98 Å². The Kier molecular flexibility index (Phi) is 8.90. The van der Waals surface area contributed by atoms with Crippen LogP contribution in [0, 0.1) is 13.8 Å². The number of aryl methyl sites for hydroxylation is 2. The summed E-state index contributed by atoms with van der Waals surface area (Å²) < 4.78 is 40.6. The number of alkyl halides is 3. The van der Waals surface area contributed by atoms with E-state index in [1.165, 1.54) is 30.2 Å². The van der Waals surface area contributed by atoms with Crippen molar-refractivity contribution in [2.45, 2.75) is 20.2 Å². The Balaban J connectivity index is 1.40. The van der Waals surface area contributed by atoms with E-state index in [-0.39, 0.29) is 23.2 Å². The molecule has 1 saturated heterocycles. The van der Waals surface area contributed by atoms with Crippen LogP contribution in [0.3, 0.4) is 0 Å². The van der Waals surface area contributed by atoms with E-state index >= 15 is 0 Å². The molecule has 1 aliphatic rings. The van der Waals surface area contributed by atoms with Crippen LogP contribution < -0.4 is 15.4 Å². The van der Waals surface area contributed by atoms with E-state index in [0.717, 1.165) is 34.5 Å². The van der Waals surface area contributed by atoms with Gasteiger partial charge in [-0.15, -0.1) is 18.3 Å². The van der Waals surface area contributed by atoms with Gasteiger partial charge in [0.25, 0.3) is 0 Å². The maximum Gasteiger partial charge on any atom is 0.573 e. The second-order valence-electron chi connectivity index (χ2n) is 8.46. The molecule has 1 aliphatic heterocycles. The molecule has 0 atom stereocenters. The fourth-order valence-electron chi connectivity index (χ4n) is 3.76. The summed E-state index contributed by atoms with van der Waals surface area (Å²) in [5.41, 5.74) is 10.2. The third-order valence-corrected chi connectivity index (χ3v) is 6.61.